The molecule has 0 radical (unpaired) electrons. The molecule has 1 aromatic rings. The number of likely N-dealkylation sites (tertiary alicyclic amines) is 1. The van der Waals surface area contributed by atoms with Gasteiger partial charge in [0, 0.05) is 25.0 Å². The second-order valence-electron chi connectivity index (χ2n) is 6.89. The number of aliphatic imine (C=N–C) groups is 1. The lowest BCUT2D eigenvalue weighted by Gasteiger charge is -2.18. The van der Waals surface area contributed by atoms with E-state index in [1.807, 2.05) is 6.07 Å². The van der Waals surface area contributed by atoms with Gasteiger partial charge in [-0.3, -0.25) is 19.5 Å². The zero-order chi connectivity index (χ0) is 18.3. The average Bonchev–Trinajstić information content (AvgIpc) is 3.38. The van der Waals surface area contributed by atoms with Crippen LogP contribution in [0, 0.1) is 23.7 Å². The minimum absolute atomic E-state index is 0. The molecule has 1 aromatic heterocycles. The van der Waals surface area contributed by atoms with E-state index in [0.717, 1.165) is 10.2 Å². The number of carbonyl (C=O) groups is 2. The highest BCUT2D eigenvalue weighted by molar-refractivity contribution is 14.0. The molecule has 146 valence electrons. The van der Waals surface area contributed by atoms with Gasteiger partial charge in [-0.15, -0.1) is 35.3 Å². The number of allylic oxidation sites excluding steroid dienone is 2. The summed E-state index contributed by atoms with van der Waals surface area (Å²) in [6.45, 7) is 1.56. The molecule has 0 spiro atoms. The van der Waals surface area contributed by atoms with Crippen LogP contribution in [-0.2, 0) is 16.1 Å². The fourth-order valence-corrected chi connectivity index (χ4v) is 5.73. The molecule has 9 heteroatoms. The Hall–Kier alpha value is -0.940. The summed E-state index contributed by atoms with van der Waals surface area (Å²) in [6, 6.07) is 4.07. The first kappa shape index (κ1) is 20.8. The summed E-state index contributed by atoms with van der Waals surface area (Å²) in [5, 5.41) is 6.43. The van der Waals surface area contributed by atoms with Crippen LogP contribution in [0.3, 0.4) is 0 Å². The molecule has 1 saturated heterocycles. The number of thiophene rings is 1. The number of hydrogen-bond donors (Lipinski definition) is 2. The highest BCUT2D eigenvalue weighted by atomic mass is 127. The van der Waals surface area contributed by atoms with Crippen LogP contribution in [0.5, 0.6) is 0 Å². The third-order valence-electron chi connectivity index (χ3n) is 5.47. The molecule has 2 N–H and O–H groups in total. The normalized spacial score (nSPS) is 28.5. The van der Waals surface area contributed by atoms with E-state index in [9.17, 15) is 9.59 Å². The molecule has 3 aliphatic rings. The summed E-state index contributed by atoms with van der Waals surface area (Å²) in [7, 11) is 1.71. The number of rotatable bonds is 5. The van der Waals surface area contributed by atoms with Gasteiger partial charge in [-0.25, -0.2) is 0 Å². The van der Waals surface area contributed by atoms with Gasteiger partial charge in [-0.05, 0) is 46.3 Å². The lowest BCUT2D eigenvalue weighted by molar-refractivity contribution is -0.140. The van der Waals surface area contributed by atoms with Crippen LogP contribution < -0.4 is 10.6 Å². The van der Waals surface area contributed by atoms with Gasteiger partial charge in [-0.2, -0.15) is 0 Å². The van der Waals surface area contributed by atoms with Gasteiger partial charge >= 0.3 is 0 Å². The van der Waals surface area contributed by atoms with E-state index in [1.54, 1.807) is 18.4 Å². The highest BCUT2D eigenvalue weighted by Crippen LogP contribution is 2.52. The molecule has 4 unspecified atom stereocenters. The molecule has 0 aromatic carbocycles. The highest BCUT2D eigenvalue weighted by Gasteiger charge is 2.58. The lowest BCUT2D eigenvalue weighted by atomic mass is 9.85. The number of carbonyl (C=O) groups excluding carboxylic acids is 2. The summed E-state index contributed by atoms with van der Waals surface area (Å²) in [4.78, 5) is 32.1. The standard InChI is InChI=1S/C18H21BrN4O2S.HI/c1-20-18(22-9-12-4-5-13(19)26-12)21-6-7-23-16(24)14-10-2-3-11(8-10)15(14)17(23)25;/h2-5,10-11,14-15H,6-9H2,1H3,(H2,20,21,22);1H. The monoisotopic (exact) mass is 564 g/mol. The maximum atomic E-state index is 12.6. The van der Waals surface area contributed by atoms with Crippen molar-refractivity contribution in [2.24, 2.45) is 28.7 Å². The van der Waals surface area contributed by atoms with Crippen LogP contribution in [0.4, 0.5) is 0 Å². The van der Waals surface area contributed by atoms with Crippen molar-refractivity contribution in [2.45, 2.75) is 13.0 Å². The molecular weight excluding hydrogens is 543 g/mol. The molecule has 6 nitrogen and oxygen atoms in total. The first-order valence-electron chi connectivity index (χ1n) is 8.80. The van der Waals surface area contributed by atoms with Crippen LogP contribution >= 0.6 is 51.2 Å². The number of guanidine groups is 1. The Balaban J connectivity index is 0.00000210. The summed E-state index contributed by atoms with van der Waals surface area (Å²) >= 11 is 5.12. The molecule has 4 atom stereocenters. The van der Waals surface area contributed by atoms with Crippen molar-refractivity contribution in [1.82, 2.24) is 15.5 Å². The average molecular weight is 565 g/mol. The molecule has 27 heavy (non-hydrogen) atoms. The molecule has 1 saturated carbocycles. The van der Waals surface area contributed by atoms with E-state index >= 15 is 0 Å². The maximum absolute atomic E-state index is 12.6. The first-order chi connectivity index (χ1) is 12.6. The van der Waals surface area contributed by atoms with E-state index < -0.39 is 0 Å². The van der Waals surface area contributed by atoms with E-state index in [4.69, 9.17) is 0 Å². The molecule has 2 fully saturated rings. The minimum Gasteiger partial charge on any atom is -0.355 e. The molecule has 2 aliphatic carbocycles. The van der Waals surface area contributed by atoms with Crippen LogP contribution in [0.15, 0.2) is 33.1 Å². The van der Waals surface area contributed by atoms with Crippen molar-refractivity contribution in [3.8, 4) is 0 Å². The fourth-order valence-electron chi connectivity index (χ4n) is 4.31. The Kier molecular flexibility index (Phi) is 6.62. The smallest absolute Gasteiger partial charge is 0.233 e. The molecule has 2 amide bonds. The van der Waals surface area contributed by atoms with E-state index in [1.165, 1.54) is 9.78 Å². The number of hydrogen-bond acceptors (Lipinski definition) is 4. The topological polar surface area (TPSA) is 73.8 Å². The van der Waals surface area contributed by atoms with Gasteiger partial charge in [0.15, 0.2) is 5.96 Å². The van der Waals surface area contributed by atoms with Gasteiger partial charge < -0.3 is 10.6 Å². The maximum Gasteiger partial charge on any atom is 0.233 e. The van der Waals surface area contributed by atoms with E-state index in [0.29, 0.717) is 25.6 Å². The Morgan fingerprint density at radius 3 is 2.44 bits per heavy atom. The molecule has 2 heterocycles. The Morgan fingerprint density at radius 2 is 1.89 bits per heavy atom. The van der Waals surface area contributed by atoms with Crippen LogP contribution in [-0.4, -0.2) is 42.8 Å². The quantitative estimate of drug-likeness (QED) is 0.190. The lowest BCUT2D eigenvalue weighted by Crippen LogP contribution is -2.43. The van der Waals surface area contributed by atoms with Crippen LogP contribution in [0.2, 0.25) is 0 Å². The SMILES string of the molecule is CN=C(NCCN1C(=O)C2C3C=CC(C3)C2C1=O)NCc1ccc(Br)s1.I. The molecule has 2 bridgehead atoms. The first-order valence-corrected chi connectivity index (χ1v) is 10.4. The number of amides is 2. The zero-order valence-corrected chi connectivity index (χ0v) is 19.6. The van der Waals surface area contributed by atoms with Gasteiger partial charge in [-0.1, -0.05) is 12.2 Å². The number of imide groups is 1. The minimum atomic E-state index is -0.118. The number of nitrogens with zero attached hydrogens (tertiary/aromatic N) is 2. The predicted octanol–water partition coefficient (Wildman–Crippen LogP) is 2.60. The van der Waals surface area contributed by atoms with Crippen molar-refractivity contribution in [3.63, 3.8) is 0 Å². The molecule has 4 rings (SSSR count). The Bertz CT molecular complexity index is 766. The third kappa shape index (κ3) is 3.95. The number of halogens is 2. The Labute approximate surface area is 188 Å². The van der Waals surface area contributed by atoms with Gasteiger partial charge in [0.05, 0.1) is 22.2 Å². The van der Waals surface area contributed by atoms with Crippen molar-refractivity contribution >= 4 is 69.0 Å². The second kappa shape index (κ2) is 8.60. The van der Waals surface area contributed by atoms with Crippen molar-refractivity contribution in [2.75, 3.05) is 20.1 Å². The second-order valence-corrected chi connectivity index (χ2v) is 9.43. The summed E-state index contributed by atoms with van der Waals surface area (Å²) < 4.78 is 1.09. The third-order valence-corrected chi connectivity index (χ3v) is 7.10. The van der Waals surface area contributed by atoms with E-state index in [2.05, 4.69) is 49.8 Å². The van der Waals surface area contributed by atoms with Crippen LogP contribution in [0.1, 0.15) is 11.3 Å². The fraction of sp³-hybridized carbons (Fsp3) is 0.500. The van der Waals surface area contributed by atoms with Gasteiger partial charge in [0.25, 0.3) is 0 Å². The summed E-state index contributed by atoms with van der Waals surface area (Å²) in [5.41, 5.74) is 0. The van der Waals surface area contributed by atoms with Gasteiger partial charge in [0.1, 0.15) is 0 Å². The van der Waals surface area contributed by atoms with Crippen molar-refractivity contribution < 1.29 is 9.59 Å². The summed E-state index contributed by atoms with van der Waals surface area (Å²) in [5.74, 6) is 0.961. The van der Waals surface area contributed by atoms with Crippen LogP contribution in [0.25, 0.3) is 0 Å². The largest absolute Gasteiger partial charge is 0.355 e. The number of nitrogens with one attached hydrogen (secondary N) is 2. The zero-order valence-electron chi connectivity index (χ0n) is 14.9. The van der Waals surface area contributed by atoms with E-state index in [-0.39, 0.29) is 59.5 Å². The Morgan fingerprint density at radius 1 is 1.22 bits per heavy atom. The number of fused-ring (bicyclic) bond motifs is 5. The summed E-state index contributed by atoms with van der Waals surface area (Å²) in [6.07, 6.45) is 5.20. The predicted molar refractivity (Wildman–Crippen MR) is 120 cm³/mol. The molecular formula is C18H22BrIN4O2S. The van der Waals surface area contributed by atoms with Crippen molar-refractivity contribution in [1.29, 1.82) is 0 Å². The van der Waals surface area contributed by atoms with Gasteiger partial charge in [0.2, 0.25) is 11.8 Å². The van der Waals surface area contributed by atoms with Crippen molar-refractivity contribution in [3.05, 3.63) is 32.9 Å². The molecule has 1 aliphatic heterocycles.